The van der Waals surface area contributed by atoms with Crippen LogP contribution in [0.2, 0.25) is 0 Å². The summed E-state index contributed by atoms with van der Waals surface area (Å²) in [5, 5.41) is 13.2. The van der Waals surface area contributed by atoms with Crippen molar-refractivity contribution in [2.24, 2.45) is 5.92 Å². The molecule has 17 heavy (non-hydrogen) atoms. The van der Waals surface area contributed by atoms with E-state index in [1.165, 1.54) is 11.3 Å². The van der Waals surface area contributed by atoms with Gasteiger partial charge in [-0.2, -0.15) is 0 Å². The molecule has 1 aromatic heterocycles. The van der Waals surface area contributed by atoms with Crippen LogP contribution >= 0.6 is 11.3 Å². The molecule has 1 rings (SSSR count). The predicted molar refractivity (Wildman–Crippen MR) is 67.3 cm³/mol. The first-order valence-electron chi connectivity index (χ1n) is 5.63. The molecule has 0 saturated carbocycles. The van der Waals surface area contributed by atoms with E-state index in [1.807, 2.05) is 18.4 Å². The molecule has 1 heterocycles. The van der Waals surface area contributed by atoms with Gasteiger partial charge in [0.05, 0.1) is 4.88 Å². The predicted octanol–water partition coefficient (Wildman–Crippen LogP) is 2.37. The summed E-state index contributed by atoms with van der Waals surface area (Å²) in [6.07, 6.45) is 1.66. The van der Waals surface area contributed by atoms with Crippen molar-refractivity contribution in [3.63, 3.8) is 0 Å². The Bertz CT molecular complexity index is 362. The Morgan fingerprint density at radius 3 is 2.82 bits per heavy atom. The van der Waals surface area contributed by atoms with E-state index in [2.05, 4.69) is 5.32 Å². The van der Waals surface area contributed by atoms with Crippen molar-refractivity contribution in [2.75, 3.05) is 6.54 Å². The van der Waals surface area contributed by atoms with Crippen molar-refractivity contribution in [3.8, 4) is 0 Å². The zero-order chi connectivity index (χ0) is 12.7. The van der Waals surface area contributed by atoms with Gasteiger partial charge in [-0.15, -0.1) is 11.3 Å². The van der Waals surface area contributed by atoms with Crippen LogP contribution in [-0.4, -0.2) is 23.5 Å². The van der Waals surface area contributed by atoms with E-state index in [-0.39, 0.29) is 12.3 Å². The molecule has 1 unspecified atom stereocenters. The lowest BCUT2D eigenvalue weighted by molar-refractivity contribution is -0.137. The quantitative estimate of drug-likeness (QED) is 0.786. The minimum Gasteiger partial charge on any atom is -0.481 e. The lowest BCUT2D eigenvalue weighted by Gasteiger charge is -2.10. The monoisotopic (exact) mass is 255 g/mol. The van der Waals surface area contributed by atoms with Gasteiger partial charge >= 0.3 is 5.97 Å². The van der Waals surface area contributed by atoms with Gasteiger partial charge in [0.1, 0.15) is 0 Å². The molecule has 0 aliphatic rings. The number of hydrogen-bond acceptors (Lipinski definition) is 3. The molecule has 0 radical (unpaired) electrons. The third-order valence-electron chi connectivity index (χ3n) is 2.52. The molecule has 94 valence electrons. The van der Waals surface area contributed by atoms with Gasteiger partial charge in [-0.1, -0.05) is 13.0 Å². The molecule has 0 saturated heterocycles. The molecule has 0 aromatic carbocycles. The van der Waals surface area contributed by atoms with E-state index in [0.29, 0.717) is 23.8 Å². The lowest BCUT2D eigenvalue weighted by Crippen LogP contribution is -2.24. The normalized spacial score (nSPS) is 12.1. The van der Waals surface area contributed by atoms with Gasteiger partial charge in [0, 0.05) is 13.0 Å². The van der Waals surface area contributed by atoms with Crippen molar-refractivity contribution < 1.29 is 14.7 Å². The first kappa shape index (κ1) is 13.7. The molecule has 0 aliphatic carbocycles. The van der Waals surface area contributed by atoms with Crippen LogP contribution in [0.25, 0.3) is 0 Å². The third kappa shape index (κ3) is 5.49. The highest BCUT2D eigenvalue weighted by Gasteiger charge is 2.08. The summed E-state index contributed by atoms with van der Waals surface area (Å²) in [6, 6.07) is 3.63. The van der Waals surface area contributed by atoms with Gasteiger partial charge < -0.3 is 10.4 Å². The van der Waals surface area contributed by atoms with Gasteiger partial charge in [0.2, 0.25) is 0 Å². The zero-order valence-corrected chi connectivity index (χ0v) is 10.6. The molecule has 0 aliphatic heterocycles. The first-order valence-corrected chi connectivity index (χ1v) is 6.51. The molecular formula is C12H17NO3S. The van der Waals surface area contributed by atoms with E-state index in [4.69, 9.17) is 5.11 Å². The number of amides is 1. The molecule has 1 atom stereocenters. The minimum atomic E-state index is -0.764. The number of carbonyl (C=O) groups is 2. The van der Waals surface area contributed by atoms with Crippen LogP contribution in [0.15, 0.2) is 17.5 Å². The van der Waals surface area contributed by atoms with Crippen molar-refractivity contribution in [1.29, 1.82) is 0 Å². The van der Waals surface area contributed by atoms with Crippen molar-refractivity contribution >= 4 is 23.2 Å². The number of carboxylic acid groups (broad SMARTS) is 1. The second-order valence-electron chi connectivity index (χ2n) is 4.06. The van der Waals surface area contributed by atoms with Gasteiger partial charge in [0.15, 0.2) is 0 Å². The molecule has 1 amide bonds. The van der Waals surface area contributed by atoms with Crippen LogP contribution in [0.1, 0.15) is 35.9 Å². The zero-order valence-electron chi connectivity index (χ0n) is 9.81. The van der Waals surface area contributed by atoms with Gasteiger partial charge in [-0.3, -0.25) is 9.59 Å². The van der Waals surface area contributed by atoms with Crippen LogP contribution in [-0.2, 0) is 4.79 Å². The van der Waals surface area contributed by atoms with Crippen molar-refractivity contribution in [1.82, 2.24) is 5.32 Å². The van der Waals surface area contributed by atoms with E-state index in [0.717, 1.165) is 6.42 Å². The molecule has 0 fully saturated rings. The maximum Gasteiger partial charge on any atom is 0.303 e. The summed E-state index contributed by atoms with van der Waals surface area (Å²) in [6.45, 7) is 2.59. The summed E-state index contributed by atoms with van der Waals surface area (Å²) < 4.78 is 0. The topological polar surface area (TPSA) is 66.4 Å². The summed E-state index contributed by atoms with van der Waals surface area (Å²) in [5.74, 6) is -0.500. The van der Waals surface area contributed by atoms with Gasteiger partial charge in [-0.05, 0) is 30.2 Å². The standard InChI is InChI=1S/C12H17NO3S/c1-9(4-5-11(14)15)6-7-13-12(16)10-3-2-8-17-10/h2-3,8-9H,4-7H2,1H3,(H,13,16)(H,14,15). The van der Waals surface area contributed by atoms with Crippen LogP contribution < -0.4 is 5.32 Å². The fourth-order valence-electron chi connectivity index (χ4n) is 1.44. The molecular weight excluding hydrogens is 238 g/mol. The minimum absolute atomic E-state index is 0.0505. The van der Waals surface area contributed by atoms with Crippen LogP contribution in [0.3, 0.4) is 0 Å². The Hall–Kier alpha value is -1.36. The summed E-state index contributed by atoms with van der Waals surface area (Å²) in [5.41, 5.74) is 0. The molecule has 5 heteroatoms. The average Bonchev–Trinajstić information content (AvgIpc) is 2.79. The van der Waals surface area contributed by atoms with Crippen molar-refractivity contribution in [3.05, 3.63) is 22.4 Å². The Balaban J connectivity index is 2.15. The number of aliphatic carboxylic acids is 1. The SMILES string of the molecule is CC(CCNC(=O)c1cccs1)CCC(=O)O. The molecule has 0 bridgehead atoms. The Labute approximate surface area is 105 Å². The largest absolute Gasteiger partial charge is 0.481 e. The number of carboxylic acids is 1. The summed E-state index contributed by atoms with van der Waals surface area (Å²) in [7, 11) is 0. The van der Waals surface area contributed by atoms with Crippen LogP contribution in [0.5, 0.6) is 0 Å². The third-order valence-corrected chi connectivity index (χ3v) is 3.39. The number of carbonyl (C=O) groups excluding carboxylic acids is 1. The smallest absolute Gasteiger partial charge is 0.303 e. The van der Waals surface area contributed by atoms with E-state index in [1.54, 1.807) is 6.07 Å². The number of hydrogen-bond donors (Lipinski definition) is 2. The first-order chi connectivity index (χ1) is 8.09. The maximum absolute atomic E-state index is 11.6. The van der Waals surface area contributed by atoms with E-state index < -0.39 is 5.97 Å². The maximum atomic E-state index is 11.6. The molecule has 2 N–H and O–H groups in total. The Kier molecular flexibility index (Phi) is 5.69. The van der Waals surface area contributed by atoms with E-state index >= 15 is 0 Å². The Morgan fingerprint density at radius 1 is 1.47 bits per heavy atom. The second-order valence-corrected chi connectivity index (χ2v) is 5.01. The molecule has 1 aromatic rings. The van der Waals surface area contributed by atoms with E-state index in [9.17, 15) is 9.59 Å². The Morgan fingerprint density at radius 2 is 2.24 bits per heavy atom. The van der Waals surface area contributed by atoms with Gasteiger partial charge in [0.25, 0.3) is 5.91 Å². The number of rotatable bonds is 7. The summed E-state index contributed by atoms with van der Waals surface area (Å²) >= 11 is 1.41. The molecule has 4 nitrogen and oxygen atoms in total. The highest BCUT2D eigenvalue weighted by atomic mass is 32.1. The highest BCUT2D eigenvalue weighted by Crippen LogP contribution is 2.10. The highest BCUT2D eigenvalue weighted by molar-refractivity contribution is 7.12. The lowest BCUT2D eigenvalue weighted by atomic mass is 10.0. The second kappa shape index (κ2) is 7.06. The summed E-state index contributed by atoms with van der Waals surface area (Å²) in [4.78, 5) is 22.6. The average molecular weight is 255 g/mol. The molecule has 0 spiro atoms. The van der Waals surface area contributed by atoms with Crippen LogP contribution in [0, 0.1) is 5.92 Å². The fraction of sp³-hybridized carbons (Fsp3) is 0.500. The fourth-order valence-corrected chi connectivity index (χ4v) is 2.08. The van der Waals surface area contributed by atoms with Gasteiger partial charge in [-0.25, -0.2) is 0 Å². The number of nitrogens with one attached hydrogen (secondary N) is 1. The number of thiophene rings is 1. The van der Waals surface area contributed by atoms with Crippen molar-refractivity contribution in [2.45, 2.75) is 26.2 Å². The van der Waals surface area contributed by atoms with Crippen LogP contribution in [0.4, 0.5) is 0 Å².